The third-order valence-electron chi connectivity index (χ3n) is 3.99. The molecule has 2 atom stereocenters. The van der Waals surface area contributed by atoms with E-state index in [1.807, 2.05) is 13.8 Å². The van der Waals surface area contributed by atoms with Crippen LogP contribution in [0.1, 0.15) is 31.6 Å². The molecular formula is C14H25N5O3. The molecule has 1 aliphatic rings. The van der Waals surface area contributed by atoms with Crippen LogP contribution in [0.25, 0.3) is 0 Å². The standard InChI is InChI=1S/C14H25N5O3/c1-4-12-16-13(22-17-12)10(2)18-5-7-19(8-6-18)14(20)11(15)9-21-3/h10-11H,4-9,15H2,1-3H3. The van der Waals surface area contributed by atoms with Gasteiger partial charge >= 0.3 is 0 Å². The molecule has 0 aliphatic carbocycles. The maximum atomic E-state index is 12.1. The monoisotopic (exact) mass is 311 g/mol. The Bertz CT molecular complexity index is 485. The predicted octanol–water partition coefficient (Wildman–Crippen LogP) is -0.189. The van der Waals surface area contributed by atoms with Gasteiger partial charge in [0.1, 0.15) is 6.04 Å². The van der Waals surface area contributed by atoms with E-state index < -0.39 is 6.04 Å². The van der Waals surface area contributed by atoms with Crippen molar-refractivity contribution >= 4 is 5.91 Å². The highest BCUT2D eigenvalue weighted by atomic mass is 16.5. The topological polar surface area (TPSA) is 97.7 Å². The molecule has 1 aromatic rings. The number of amides is 1. The van der Waals surface area contributed by atoms with Crippen molar-refractivity contribution in [2.45, 2.75) is 32.4 Å². The van der Waals surface area contributed by atoms with Crippen molar-refractivity contribution in [2.75, 3.05) is 39.9 Å². The zero-order chi connectivity index (χ0) is 16.1. The first-order valence-corrected chi connectivity index (χ1v) is 7.66. The van der Waals surface area contributed by atoms with Gasteiger partial charge in [-0.3, -0.25) is 9.69 Å². The number of ether oxygens (including phenoxy) is 1. The number of nitrogens with two attached hydrogens (primary N) is 1. The smallest absolute Gasteiger partial charge is 0.243 e. The van der Waals surface area contributed by atoms with Gasteiger partial charge in [-0.25, -0.2) is 0 Å². The Balaban J connectivity index is 1.87. The van der Waals surface area contributed by atoms with Crippen LogP contribution in [-0.2, 0) is 16.0 Å². The quantitative estimate of drug-likeness (QED) is 0.777. The summed E-state index contributed by atoms with van der Waals surface area (Å²) in [5.41, 5.74) is 5.80. The number of methoxy groups -OCH3 is 1. The lowest BCUT2D eigenvalue weighted by molar-refractivity contribution is -0.135. The number of hydrogen-bond acceptors (Lipinski definition) is 7. The molecule has 8 heteroatoms. The second kappa shape index (κ2) is 7.66. The van der Waals surface area contributed by atoms with Gasteiger partial charge in [0, 0.05) is 39.7 Å². The van der Waals surface area contributed by atoms with Crippen molar-refractivity contribution in [3.05, 3.63) is 11.7 Å². The molecule has 2 heterocycles. The molecular weight excluding hydrogens is 286 g/mol. The van der Waals surface area contributed by atoms with Gasteiger partial charge in [0.25, 0.3) is 0 Å². The lowest BCUT2D eigenvalue weighted by Gasteiger charge is -2.37. The van der Waals surface area contributed by atoms with Crippen molar-refractivity contribution in [3.8, 4) is 0 Å². The van der Waals surface area contributed by atoms with Crippen LogP contribution < -0.4 is 5.73 Å². The number of carbonyl (C=O) groups excluding carboxylic acids is 1. The molecule has 2 N–H and O–H groups in total. The van der Waals surface area contributed by atoms with Crippen molar-refractivity contribution in [3.63, 3.8) is 0 Å². The Kier molecular flexibility index (Phi) is 5.87. The van der Waals surface area contributed by atoms with Crippen LogP contribution in [0, 0.1) is 0 Å². The zero-order valence-electron chi connectivity index (χ0n) is 13.5. The summed E-state index contributed by atoms with van der Waals surface area (Å²) in [5, 5.41) is 3.93. The molecule has 0 spiro atoms. The van der Waals surface area contributed by atoms with Crippen molar-refractivity contribution in [1.82, 2.24) is 19.9 Å². The predicted molar refractivity (Wildman–Crippen MR) is 80.1 cm³/mol. The molecule has 124 valence electrons. The van der Waals surface area contributed by atoms with E-state index in [9.17, 15) is 4.79 Å². The molecule has 1 aliphatic heterocycles. The van der Waals surface area contributed by atoms with E-state index in [2.05, 4.69) is 15.0 Å². The van der Waals surface area contributed by atoms with Gasteiger partial charge in [-0.2, -0.15) is 4.98 Å². The zero-order valence-corrected chi connectivity index (χ0v) is 13.5. The number of aromatic nitrogens is 2. The number of aryl methyl sites for hydroxylation is 1. The molecule has 1 amide bonds. The lowest BCUT2D eigenvalue weighted by atomic mass is 10.2. The van der Waals surface area contributed by atoms with Gasteiger partial charge in [0.05, 0.1) is 12.6 Å². The van der Waals surface area contributed by atoms with Crippen molar-refractivity contribution in [2.24, 2.45) is 5.73 Å². The highest BCUT2D eigenvalue weighted by molar-refractivity contribution is 5.81. The number of hydrogen-bond donors (Lipinski definition) is 1. The minimum atomic E-state index is -0.586. The molecule has 0 bridgehead atoms. The summed E-state index contributed by atoms with van der Waals surface area (Å²) in [7, 11) is 1.54. The Hall–Kier alpha value is -1.51. The molecule has 2 unspecified atom stereocenters. The minimum absolute atomic E-state index is 0.0534. The number of piperazine rings is 1. The first-order valence-electron chi connectivity index (χ1n) is 7.66. The molecule has 2 rings (SSSR count). The highest BCUT2D eigenvalue weighted by Crippen LogP contribution is 2.20. The Labute approximate surface area is 130 Å². The fraction of sp³-hybridized carbons (Fsp3) is 0.786. The van der Waals surface area contributed by atoms with Gasteiger partial charge < -0.3 is 19.9 Å². The number of rotatable bonds is 6. The van der Waals surface area contributed by atoms with Gasteiger partial charge in [-0.1, -0.05) is 12.1 Å². The van der Waals surface area contributed by atoms with Crippen LogP contribution in [-0.4, -0.2) is 71.8 Å². The fourth-order valence-corrected chi connectivity index (χ4v) is 2.55. The molecule has 1 saturated heterocycles. The van der Waals surface area contributed by atoms with E-state index in [1.165, 1.54) is 0 Å². The Morgan fingerprint density at radius 3 is 2.64 bits per heavy atom. The maximum absolute atomic E-state index is 12.1. The Morgan fingerprint density at radius 1 is 1.41 bits per heavy atom. The third kappa shape index (κ3) is 3.82. The van der Waals surface area contributed by atoms with Crippen LogP contribution in [0.2, 0.25) is 0 Å². The summed E-state index contributed by atoms with van der Waals surface area (Å²) in [6, 6.07) is -0.533. The highest BCUT2D eigenvalue weighted by Gasteiger charge is 2.29. The molecule has 0 aromatic carbocycles. The van der Waals surface area contributed by atoms with E-state index in [0.717, 1.165) is 25.3 Å². The van der Waals surface area contributed by atoms with Gasteiger partial charge in [-0.15, -0.1) is 0 Å². The summed E-state index contributed by atoms with van der Waals surface area (Å²) >= 11 is 0. The Morgan fingerprint density at radius 2 is 2.09 bits per heavy atom. The SMILES string of the molecule is CCc1noc(C(C)N2CCN(C(=O)C(N)COC)CC2)n1. The van der Waals surface area contributed by atoms with Gasteiger partial charge in [-0.05, 0) is 6.92 Å². The molecule has 1 fully saturated rings. The first-order chi connectivity index (χ1) is 10.6. The average molecular weight is 311 g/mol. The molecule has 0 saturated carbocycles. The summed E-state index contributed by atoms with van der Waals surface area (Å²) in [6.07, 6.45) is 0.760. The molecule has 8 nitrogen and oxygen atoms in total. The van der Waals surface area contributed by atoms with Crippen LogP contribution in [0.15, 0.2) is 4.52 Å². The van der Waals surface area contributed by atoms with Crippen molar-refractivity contribution in [1.29, 1.82) is 0 Å². The normalized spacial score (nSPS) is 19.2. The fourth-order valence-electron chi connectivity index (χ4n) is 2.55. The van der Waals surface area contributed by atoms with Crippen LogP contribution in [0.4, 0.5) is 0 Å². The summed E-state index contributed by atoms with van der Waals surface area (Å²) < 4.78 is 10.2. The maximum Gasteiger partial charge on any atom is 0.243 e. The van der Waals surface area contributed by atoms with E-state index in [-0.39, 0.29) is 18.6 Å². The van der Waals surface area contributed by atoms with E-state index >= 15 is 0 Å². The van der Waals surface area contributed by atoms with Crippen LogP contribution >= 0.6 is 0 Å². The van der Waals surface area contributed by atoms with Crippen molar-refractivity contribution < 1.29 is 14.1 Å². The second-order valence-corrected chi connectivity index (χ2v) is 5.50. The average Bonchev–Trinajstić information content (AvgIpc) is 3.03. The van der Waals surface area contributed by atoms with E-state index in [1.54, 1.807) is 12.0 Å². The molecule has 22 heavy (non-hydrogen) atoms. The summed E-state index contributed by atoms with van der Waals surface area (Å²) in [6.45, 7) is 7.10. The minimum Gasteiger partial charge on any atom is -0.383 e. The summed E-state index contributed by atoms with van der Waals surface area (Å²) in [4.78, 5) is 20.5. The van der Waals surface area contributed by atoms with Gasteiger partial charge in [0.15, 0.2) is 5.82 Å². The largest absolute Gasteiger partial charge is 0.383 e. The number of nitrogens with zero attached hydrogens (tertiary/aromatic N) is 4. The number of carbonyl (C=O) groups is 1. The summed E-state index contributed by atoms with van der Waals surface area (Å²) in [5.74, 6) is 1.30. The van der Waals surface area contributed by atoms with Gasteiger partial charge in [0.2, 0.25) is 11.8 Å². The van der Waals surface area contributed by atoms with Crippen LogP contribution in [0.5, 0.6) is 0 Å². The lowest BCUT2D eigenvalue weighted by Crippen LogP contribution is -2.54. The van der Waals surface area contributed by atoms with Crippen LogP contribution in [0.3, 0.4) is 0 Å². The van der Waals surface area contributed by atoms with E-state index in [4.69, 9.17) is 15.0 Å². The second-order valence-electron chi connectivity index (χ2n) is 5.50. The molecule has 0 radical (unpaired) electrons. The molecule has 1 aromatic heterocycles. The first kappa shape index (κ1) is 16.9. The van der Waals surface area contributed by atoms with E-state index in [0.29, 0.717) is 19.0 Å². The third-order valence-corrected chi connectivity index (χ3v) is 3.99.